The molecule has 22 heavy (non-hydrogen) atoms. The van der Waals surface area contributed by atoms with E-state index in [2.05, 4.69) is 0 Å². The van der Waals surface area contributed by atoms with Crippen LogP contribution in [0.5, 0.6) is 11.5 Å². The molecule has 114 valence electrons. The minimum absolute atomic E-state index is 0. The van der Waals surface area contributed by atoms with Gasteiger partial charge < -0.3 is 15.9 Å². The largest absolute Gasteiger partial charge is 0.507 e. The summed E-state index contributed by atoms with van der Waals surface area (Å²) in [5, 5.41) is 19.7. The van der Waals surface area contributed by atoms with Crippen molar-refractivity contribution in [3.05, 3.63) is 58.1 Å². The highest BCUT2D eigenvalue weighted by Gasteiger charge is 2.34. The fraction of sp³-hybridized carbons (Fsp3) is 0.125. The highest BCUT2D eigenvalue weighted by atomic mass is 35.5. The maximum absolute atomic E-state index is 12.5. The molecule has 4 N–H and O–H groups in total. The second-order valence-corrected chi connectivity index (χ2v) is 4.93. The zero-order chi connectivity index (χ0) is 15.1. The Balaban J connectivity index is 0.00000176. The molecule has 0 saturated heterocycles. The van der Waals surface area contributed by atoms with Crippen LogP contribution in [0.15, 0.2) is 30.3 Å². The molecule has 1 aliphatic rings. The predicted molar refractivity (Wildman–Crippen MR) is 83.1 cm³/mol. The second kappa shape index (κ2) is 5.79. The molecule has 0 heterocycles. The number of rotatable bonds is 2. The molecule has 0 amide bonds. The number of carbonyl (C=O) groups is 2. The van der Waals surface area contributed by atoms with Gasteiger partial charge in [0, 0.05) is 11.1 Å². The molecule has 1 aliphatic carbocycles. The van der Waals surface area contributed by atoms with E-state index in [1.54, 1.807) is 18.2 Å². The first-order valence-corrected chi connectivity index (χ1v) is 6.52. The van der Waals surface area contributed by atoms with Crippen molar-refractivity contribution in [3.8, 4) is 11.5 Å². The molecule has 0 aromatic heterocycles. The van der Waals surface area contributed by atoms with Crippen LogP contribution in [0.1, 0.15) is 37.4 Å². The van der Waals surface area contributed by atoms with Crippen molar-refractivity contribution in [2.24, 2.45) is 5.73 Å². The summed E-state index contributed by atoms with van der Waals surface area (Å²) >= 11 is 0. The number of phenolic OH excluding ortho intramolecular Hbond substituents is 2. The molecular formula is C16H14ClNO4. The third kappa shape index (κ3) is 2.24. The van der Waals surface area contributed by atoms with Crippen molar-refractivity contribution in [2.45, 2.75) is 6.42 Å². The van der Waals surface area contributed by atoms with Crippen molar-refractivity contribution in [3.63, 3.8) is 0 Å². The molecule has 0 saturated carbocycles. The van der Waals surface area contributed by atoms with Gasteiger partial charge in [-0.25, -0.2) is 0 Å². The lowest BCUT2D eigenvalue weighted by atomic mass is 9.82. The van der Waals surface area contributed by atoms with Crippen molar-refractivity contribution >= 4 is 24.0 Å². The standard InChI is InChI=1S/C16H13NO4.ClH/c17-6-5-8-1-2-9-10(7-8)16(21)14-12(19)4-3-11(18)13(14)15(9)20;/h1-4,7,18-19H,5-6,17H2;1H. The Labute approximate surface area is 132 Å². The Kier molecular flexibility index (Phi) is 4.21. The first-order chi connectivity index (χ1) is 10.0. The van der Waals surface area contributed by atoms with Crippen LogP contribution in [-0.4, -0.2) is 28.3 Å². The summed E-state index contributed by atoms with van der Waals surface area (Å²) in [5.41, 5.74) is 6.53. The number of carbonyl (C=O) groups excluding carboxylic acids is 2. The second-order valence-electron chi connectivity index (χ2n) is 4.93. The van der Waals surface area contributed by atoms with Crippen molar-refractivity contribution in [1.29, 1.82) is 0 Å². The van der Waals surface area contributed by atoms with Gasteiger partial charge in [0.1, 0.15) is 11.5 Å². The average Bonchev–Trinajstić information content (AvgIpc) is 2.47. The summed E-state index contributed by atoms with van der Waals surface area (Å²) in [6, 6.07) is 7.32. The number of hydrogen-bond acceptors (Lipinski definition) is 5. The summed E-state index contributed by atoms with van der Waals surface area (Å²) in [4.78, 5) is 25.0. The quantitative estimate of drug-likeness (QED) is 0.625. The number of fused-ring (bicyclic) bond motifs is 2. The lowest BCUT2D eigenvalue weighted by Crippen LogP contribution is -2.21. The minimum atomic E-state index is -0.466. The maximum atomic E-state index is 12.5. The molecule has 0 unspecified atom stereocenters. The fourth-order valence-corrected chi connectivity index (χ4v) is 2.61. The summed E-state index contributed by atoms with van der Waals surface area (Å²) in [6.45, 7) is 0.434. The molecule has 5 nitrogen and oxygen atoms in total. The summed E-state index contributed by atoms with van der Waals surface area (Å²) < 4.78 is 0. The highest BCUT2D eigenvalue weighted by Crippen LogP contribution is 2.37. The maximum Gasteiger partial charge on any atom is 0.198 e. The van der Waals surface area contributed by atoms with Crippen LogP contribution in [0, 0.1) is 0 Å². The van der Waals surface area contributed by atoms with E-state index >= 15 is 0 Å². The van der Waals surface area contributed by atoms with E-state index in [1.807, 2.05) is 0 Å². The molecule has 6 heteroatoms. The Hall–Kier alpha value is -2.37. The van der Waals surface area contributed by atoms with Gasteiger partial charge in [-0.05, 0) is 36.7 Å². The molecule has 2 aromatic rings. The van der Waals surface area contributed by atoms with Gasteiger partial charge in [0.25, 0.3) is 0 Å². The SMILES string of the molecule is Cl.NCCc1ccc2c(c1)C(=O)c1c(O)ccc(O)c1C2=O. The van der Waals surface area contributed by atoms with Gasteiger partial charge >= 0.3 is 0 Å². The zero-order valence-corrected chi connectivity index (χ0v) is 12.3. The summed E-state index contributed by atoms with van der Waals surface area (Å²) in [5.74, 6) is -1.55. The molecular weight excluding hydrogens is 306 g/mol. The Morgan fingerprint density at radius 1 is 0.864 bits per heavy atom. The summed E-state index contributed by atoms with van der Waals surface area (Å²) in [6.07, 6.45) is 0.591. The van der Waals surface area contributed by atoms with Crippen LogP contribution in [0.25, 0.3) is 0 Å². The van der Waals surface area contributed by atoms with E-state index in [-0.39, 0.29) is 46.2 Å². The molecule has 0 radical (unpaired) electrons. The highest BCUT2D eigenvalue weighted by molar-refractivity contribution is 6.30. The number of nitrogens with two attached hydrogens (primary N) is 1. The molecule has 0 spiro atoms. The van der Waals surface area contributed by atoms with Crippen molar-refractivity contribution in [2.75, 3.05) is 6.54 Å². The average molecular weight is 320 g/mol. The molecule has 3 rings (SSSR count). The van der Waals surface area contributed by atoms with Crippen LogP contribution < -0.4 is 5.73 Å². The Morgan fingerprint density at radius 3 is 1.95 bits per heavy atom. The number of phenols is 2. The Bertz CT molecular complexity index is 786. The monoisotopic (exact) mass is 319 g/mol. The van der Waals surface area contributed by atoms with E-state index < -0.39 is 11.6 Å². The van der Waals surface area contributed by atoms with Crippen LogP contribution in [0.3, 0.4) is 0 Å². The third-order valence-corrected chi connectivity index (χ3v) is 3.62. The smallest absolute Gasteiger partial charge is 0.198 e. The topological polar surface area (TPSA) is 101 Å². The van der Waals surface area contributed by atoms with Crippen LogP contribution in [-0.2, 0) is 6.42 Å². The number of aromatic hydroxyl groups is 2. The number of hydrogen-bond donors (Lipinski definition) is 3. The molecule has 0 atom stereocenters. The fourth-order valence-electron chi connectivity index (χ4n) is 2.61. The van der Waals surface area contributed by atoms with Gasteiger partial charge in [0.15, 0.2) is 11.6 Å². The lowest BCUT2D eigenvalue weighted by Gasteiger charge is -2.19. The zero-order valence-electron chi connectivity index (χ0n) is 11.5. The van der Waals surface area contributed by atoms with Gasteiger partial charge in [-0.15, -0.1) is 12.4 Å². The molecule has 2 aromatic carbocycles. The molecule has 0 fully saturated rings. The van der Waals surface area contributed by atoms with E-state index in [4.69, 9.17) is 5.73 Å². The lowest BCUT2D eigenvalue weighted by molar-refractivity contribution is 0.0974. The normalized spacial score (nSPS) is 12.4. The molecule has 0 aliphatic heterocycles. The van der Waals surface area contributed by atoms with Crippen LogP contribution >= 0.6 is 12.4 Å². The van der Waals surface area contributed by atoms with Gasteiger partial charge in [-0.1, -0.05) is 12.1 Å². The van der Waals surface area contributed by atoms with Crippen molar-refractivity contribution in [1.82, 2.24) is 0 Å². The first kappa shape index (κ1) is 16.0. The van der Waals surface area contributed by atoms with Crippen molar-refractivity contribution < 1.29 is 19.8 Å². The van der Waals surface area contributed by atoms with E-state index in [9.17, 15) is 19.8 Å². The first-order valence-electron chi connectivity index (χ1n) is 6.52. The summed E-state index contributed by atoms with van der Waals surface area (Å²) in [7, 11) is 0. The van der Waals surface area contributed by atoms with E-state index in [0.29, 0.717) is 13.0 Å². The van der Waals surface area contributed by atoms with Gasteiger partial charge in [-0.2, -0.15) is 0 Å². The number of halogens is 1. The number of benzene rings is 2. The van der Waals surface area contributed by atoms with Crippen LogP contribution in [0.2, 0.25) is 0 Å². The van der Waals surface area contributed by atoms with E-state index in [1.165, 1.54) is 12.1 Å². The Morgan fingerprint density at radius 2 is 1.41 bits per heavy atom. The van der Waals surface area contributed by atoms with Gasteiger partial charge in [0.2, 0.25) is 0 Å². The predicted octanol–water partition coefficient (Wildman–Crippen LogP) is 1.80. The number of ketones is 2. The van der Waals surface area contributed by atoms with Crippen LogP contribution in [0.4, 0.5) is 0 Å². The minimum Gasteiger partial charge on any atom is -0.507 e. The molecule has 0 bridgehead atoms. The van der Waals surface area contributed by atoms with E-state index in [0.717, 1.165) is 5.56 Å². The van der Waals surface area contributed by atoms with Gasteiger partial charge in [0.05, 0.1) is 11.1 Å². The van der Waals surface area contributed by atoms with Gasteiger partial charge in [-0.3, -0.25) is 9.59 Å². The third-order valence-electron chi connectivity index (χ3n) is 3.62.